The molecule has 2 aliphatic rings. The van der Waals surface area contributed by atoms with Crippen molar-refractivity contribution in [1.29, 1.82) is 0 Å². The molecule has 0 unspecified atom stereocenters. The third-order valence-corrected chi connectivity index (χ3v) is 6.99. The molecule has 2 atom stereocenters. The summed E-state index contributed by atoms with van der Waals surface area (Å²) in [7, 11) is 1.81. The van der Waals surface area contributed by atoms with Gasteiger partial charge in [0.1, 0.15) is 5.41 Å². The maximum absolute atomic E-state index is 12.9. The standard InChI is InChI=1S/C24H34N2O5/c1-25(19-10-6-3-7-11-19)21(28)12-13-22(29)26-15-14-20(27)24(17-26,23(30)31)16-18-8-4-2-5-9-18/h2,4-5,8-9,19-20,27H,3,6-7,10-17H2,1H3,(H,30,31)/t20-,24-/m0/s1. The molecular formula is C24H34N2O5. The third kappa shape index (κ3) is 5.45. The number of carbonyl (C=O) groups excluding carboxylic acids is 2. The quantitative estimate of drug-likeness (QED) is 0.693. The van der Waals surface area contributed by atoms with Gasteiger partial charge in [-0.2, -0.15) is 0 Å². The number of carboxylic acids is 1. The Balaban J connectivity index is 1.62. The highest BCUT2D eigenvalue weighted by atomic mass is 16.4. The summed E-state index contributed by atoms with van der Waals surface area (Å²) >= 11 is 0. The molecule has 1 saturated heterocycles. The normalized spacial score (nSPS) is 24.6. The van der Waals surface area contributed by atoms with Gasteiger partial charge >= 0.3 is 5.97 Å². The van der Waals surface area contributed by atoms with Crippen molar-refractivity contribution in [1.82, 2.24) is 9.80 Å². The van der Waals surface area contributed by atoms with Gasteiger partial charge in [0, 0.05) is 39.0 Å². The predicted molar refractivity (Wildman–Crippen MR) is 116 cm³/mol. The van der Waals surface area contributed by atoms with Crippen LogP contribution in [0.2, 0.25) is 0 Å². The average Bonchev–Trinajstić information content (AvgIpc) is 2.79. The second-order valence-electron chi connectivity index (χ2n) is 9.04. The van der Waals surface area contributed by atoms with Crippen molar-refractivity contribution in [2.45, 2.75) is 69.9 Å². The van der Waals surface area contributed by atoms with E-state index in [1.54, 1.807) is 4.90 Å². The molecule has 1 heterocycles. The Morgan fingerprint density at radius 2 is 1.74 bits per heavy atom. The lowest BCUT2D eigenvalue weighted by atomic mass is 9.72. The Kier molecular flexibility index (Phi) is 7.70. The minimum absolute atomic E-state index is 0.0360. The molecule has 7 heteroatoms. The highest BCUT2D eigenvalue weighted by molar-refractivity contribution is 5.85. The number of aliphatic carboxylic acids is 1. The fourth-order valence-corrected chi connectivity index (χ4v) is 4.93. The maximum Gasteiger partial charge on any atom is 0.314 e. The molecule has 0 spiro atoms. The molecule has 2 amide bonds. The minimum Gasteiger partial charge on any atom is -0.481 e. The molecule has 1 aromatic carbocycles. The molecule has 7 nitrogen and oxygen atoms in total. The number of hydrogen-bond acceptors (Lipinski definition) is 4. The average molecular weight is 431 g/mol. The summed E-state index contributed by atoms with van der Waals surface area (Å²) in [5.74, 6) is -1.36. The molecule has 170 valence electrons. The van der Waals surface area contributed by atoms with E-state index >= 15 is 0 Å². The van der Waals surface area contributed by atoms with Crippen LogP contribution in [0.25, 0.3) is 0 Å². The molecule has 0 radical (unpaired) electrons. The zero-order valence-corrected chi connectivity index (χ0v) is 18.3. The minimum atomic E-state index is -1.45. The second kappa shape index (κ2) is 10.3. The van der Waals surface area contributed by atoms with E-state index < -0.39 is 17.5 Å². The molecular weight excluding hydrogens is 396 g/mol. The molecule has 1 aliphatic heterocycles. The molecule has 31 heavy (non-hydrogen) atoms. The lowest BCUT2D eigenvalue weighted by molar-refractivity contribution is -0.166. The van der Waals surface area contributed by atoms with Crippen LogP contribution in [-0.2, 0) is 20.8 Å². The number of hydrogen-bond donors (Lipinski definition) is 2. The van der Waals surface area contributed by atoms with E-state index in [0.717, 1.165) is 31.2 Å². The van der Waals surface area contributed by atoms with Crippen LogP contribution in [0.15, 0.2) is 30.3 Å². The summed E-state index contributed by atoms with van der Waals surface area (Å²) in [6.07, 6.45) is 5.03. The maximum atomic E-state index is 12.9. The van der Waals surface area contributed by atoms with Gasteiger partial charge < -0.3 is 20.0 Å². The fraction of sp³-hybridized carbons (Fsp3) is 0.625. The first-order chi connectivity index (χ1) is 14.8. The summed E-state index contributed by atoms with van der Waals surface area (Å²) in [6.45, 7) is 0.250. The smallest absolute Gasteiger partial charge is 0.314 e. The molecule has 2 N–H and O–H groups in total. The zero-order valence-electron chi connectivity index (χ0n) is 18.3. The number of carbonyl (C=O) groups is 3. The van der Waals surface area contributed by atoms with Crippen LogP contribution < -0.4 is 0 Å². The van der Waals surface area contributed by atoms with Gasteiger partial charge in [0.15, 0.2) is 0 Å². The highest BCUT2D eigenvalue weighted by Crippen LogP contribution is 2.35. The van der Waals surface area contributed by atoms with Gasteiger partial charge in [-0.15, -0.1) is 0 Å². The van der Waals surface area contributed by atoms with Gasteiger partial charge in [-0.3, -0.25) is 14.4 Å². The van der Waals surface area contributed by atoms with E-state index in [1.165, 1.54) is 11.3 Å². The summed E-state index contributed by atoms with van der Waals surface area (Å²) in [6, 6.07) is 9.43. The Morgan fingerprint density at radius 1 is 1.06 bits per heavy atom. The van der Waals surface area contributed by atoms with Crippen molar-refractivity contribution in [3.05, 3.63) is 35.9 Å². The van der Waals surface area contributed by atoms with Crippen LogP contribution in [-0.4, -0.2) is 70.1 Å². The van der Waals surface area contributed by atoms with E-state index in [-0.39, 0.29) is 50.1 Å². The summed E-state index contributed by atoms with van der Waals surface area (Å²) in [4.78, 5) is 41.0. The number of nitrogens with zero attached hydrogens (tertiary/aromatic N) is 2. The van der Waals surface area contributed by atoms with Crippen molar-refractivity contribution >= 4 is 17.8 Å². The van der Waals surface area contributed by atoms with Crippen LogP contribution in [0.5, 0.6) is 0 Å². The Morgan fingerprint density at radius 3 is 2.39 bits per heavy atom. The molecule has 0 bridgehead atoms. The third-order valence-electron chi connectivity index (χ3n) is 6.99. The van der Waals surface area contributed by atoms with Gasteiger partial charge in [0.25, 0.3) is 0 Å². The van der Waals surface area contributed by atoms with Crippen molar-refractivity contribution < 1.29 is 24.6 Å². The van der Waals surface area contributed by atoms with Gasteiger partial charge in [-0.05, 0) is 31.2 Å². The predicted octanol–water partition coefficient (Wildman–Crippen LogP) is 2.46. The monoisotopic (exact) mass is 430 g/mol. The molecule has 1 saturated carbocycles. The van der Waals surface area contributed by atoms with Crippen molar-refractivity contribution in [3.63, 3.8) is 0 Å². The van der Waals surface area contributed by atoms with E-state index in [0.29, 0.717) is 6.54 Å². The van der Waals surface area contributed by atoms with Crippen molar-refractivity contribution in [3.8, 4) is 0 Å². The zero-order chi connectivity index (χ0) is 22.4. The van der Waals surface area contributed by atoms with Crippen LogP contribution in [0.4, 0.5) is 0 Å². The number of benzene rings is 1. The molecule has 3 rings (SSSR count). The second-order valence-corrected chi connectivity index (χ2v) is 9.04. The number of piperidine rings is 1. The molecule has 2 fully saturated rings. The van der Waals surface area contributed by atoms with E-state index in [4.69, 9.17) is 0 Å². The number of rotatable bonds is 7. The van der Waals surface area contributed by atoms with Gasteiger partial charge in [-0.1, -0.05) is 49.6 Å². The van der Waals surface area contributed by atoms with E-state index in [2.05, 4.69) is 0 Å². The Labute approximate surface area is 184 Å². The first-order valence-corrected chi connectivity index (χ1v) is 11.3. The number of aliphatic hydroxyl groups is 1. The Bertz CT molecular complexity index is 777. The molecule has 0 aromatic heterocycles. The topological polar surface area (TPSA) is 98.2 Å². The summed E-state index contributed by atoms with van der Waals surface area (Å²) < 4.78 is 0. The van der Waals surface area contributed by atoms with Gasteiger partial charge in [-0.25, -0.2) is 0 Å². The van der Waals surface area contributed by atoms with Crippen molar-refractivity contribution in [2.24, 2.45) is 5.41 Å². The first-order valence-electron chi connectivity index (χ1n) is 11.3. The number of aliphatic hydroxyl groups excluding tert-OH is 1. The summed E-state index contributed by atoms with van der Waals surface area (Å²) in [5.41, 5.74) is -0.638. The molecule has 1 aromatic rings. The Hall–Kier alpha value is -2.41. The summed E-state index contributed by atoms with van der Waals surface area (Å²) in [5, 5.41) is 20.6. The van der Waals surface area contributed by atoms with E-state index in [1.807, 2.05) is 37.4 Å². The van der Waals surface area contributed by atoms with Crippen LogP contribution in [0.3, 0.4) is 0 Å². The highest BCUT2D eigenvalue weighted by Gasteiger charge is 2.50. The largest absolute Gasteiger partial charge is 0.481 e. The van der Waals surface area contributed by atoms with Crippen molar-refractivity contribution in [2.75, 3.05) is 20.1 Å². The van der Waals surface area contributed by atoms with Crippen LogP contribution >= 0.6 is 0 Å². The van der Waals surface area contributed by atoms with Gasteiger partial charge in [0.05, 0.1) is 6.10 Å². The first kappa shape index (κ1) is 23.3. The van der Waals surface area contributed by atoms with Gasteiger partial charge in [0.2, 0.25) is 11.8 Å². The number of carboxylic acid groups (broad SMARTS) is 1. The van der Waals surface area contributed by atoms with E-state index in [9.17, 15) is 24.6 Å². The number of amides is 2. The number of likely N-dealkylation sites (tertiary alicyclic amines) is 1. The lowest BCUT2D eigenvalue weighted by Crippen LogP contribution is -2.58. The fourth-order valence-electron chi connectivity index (χ4n) is 4.93. The van der Waals surface area contributed by atoms with Crippen LogP contribution in [0, 0.1) is 5.41 Å². The SMILES string of the molecule is CN(C(=O)CCC(=O)N1CC[C@H](O)[C@@](Cc2ccccc2)(C(=O)O)C1)C1CCCCC1. The molecule has 1 aliphatic carbocycles. The lowest BCUT2D eigenvalue weighted by Gasteiger charge is -2.43. The van der Waals surface area contributed by atoms with Crippen LogP contribution in [0.1, 0.15) is 56.9 Å².